The molecule has 0 aliphatic heterocycles. The van der Waals surface area contributed by atoms with Gasteiger partial charge in [-0.1, -0.05) is 6.07 Å². The van der Waals surface area contributed by atoms with E-state index in [0.717, 1.165) is 18.2 Å². The van der Waals surface area contributed by atoms with Gasteiger partial charge in [-0.25, -0.2) is 9.59 Å². The van der Waals surface area contributed by atoms with Gasteiger partial charge in [-0.2, -0.15) is 0 Å². The number of aromatic carboxylic acids is 2. The average molecular weight is 259 g/mol. The Morgan fingerprint density at radius 3 is 2.06 bits per heavy atom. The molecule has 0 heterocycles. The van der Waals surface area contributed by atoms with Gasteiger partial charge in [0, 0.05) is 6.07 Å². The standard InChI is InChI=1S/C8H5NO6.2Na.2H/c10-7(11)4-2-1-3-5(9(14)15)6(4)8(12)13;;;;/h1-3H,(H,10,11)(H,12,13);;;;/q;2*+1;2*-1. The normalized spacial score (nSPS) is 8.47. The van der Waals surface area contributed by atoms with Gasteiger partial charge in [0.15, 0.2) is 5.56 Å². The Labute approximate surface area is 143 Å². The molecule has 1 aromatic rings. The molecule has 7 nitrogen and oxygen atoms in total. The van der Waals surface area contributed by atoms with Crippen molar-refractivity contribution in [3.05, 3.63) is 39.4 Å². The molecule has 0 aromatic heterocycles. The predicted molar refractivity (Wildman–Crippen MR) is 49.2 cm³/mol. The van der Waals surface area contributed by atoms with Crippen LogP contribution >= 0.6 is 0 Å². The number of carboxylic acid groups (broad SMARTS) is 2. The fourth-order valence-corrected chi connectivity index (χ4v) is 1.10. The van der Waals surface area contributed by atoms with Gasteiger partial charge in [0.2, 0.25) is 0 Å². The summed E-state index contributed by atoms with van der Waals surface area (Å²) in [6, 6.07) is 3.06. The Balaban J connectivity index is -0.000000281. The van der Waals surface area contributed by atoms with Gasteiger partial charge in [-0.05, 0) is 6.07 Å². The van der Waals surface area contributed by atoms with Crippen molar-refractivity contribution in [1.29, 1.82) is 0 Å². The summed E-state index contributed by atoms with van der Waals surface area (Å²) < 4.78 is 0. The molecule has 0 aliphatic rings. The van der Waals surface area contributed by atoms with Crippen LogP contribution < -0.4 is 59.1 Å². The van der Waals surface area contributed by atoms with Gasteiger partial charge in [0.1, 0.15) is 0 Å². The van der Waals surface area contributed by atoms with Crippen LogP contribution in [0.15, 0.2) is 18.2 Å². The summed E-state index contributed by atoms with van der Waals surface area (Å²) in [5, 5.41) is 27.8. The maximum absolute atomic E-state index is 10.7. The maximum Gasteiger partial charge on any atom is 1.00 e. The first-order chi connectivity index (χ1) is 6.95. The molecular weight excluding hydrogens is 252 g/mol. The molecule has 9 heteroatoms. The van der Waals surface area contributed by atoms with Crippen LogP contribution in [0.25, 0.3) is 0 Å². The number of carbonyl (C=O) groups is 2. The number of nitrogens with zero attached hydrogens (tertiary/aromatic N) is 1. The number of rotatable bonds is 3. The Morgan fingerprint density at radius 2 is 1.71 bits per heavy atom. The van der Waals surface area contributed by atoms with Crippen molar-refractivity contribution in [2.24, 2.45) is 0 Å². The smallest absolute Gasteiger partial charge is 1.00 e. The second kappa shape index (κ2) is 7.80. The second-order valence-electron chi connectivity index (χ2n) is 2.57. The zero-order valence-corrected chi connectivity index (χ0v) is 13.2. The third kappa shape index (κ3) is 4.38. The number of benzene rings is 1. The Hall–Kier alpha value is -0.440. The van der Waals surface area contributed by atoms with Crippen molar-refractivity contribution >= 4 is 17.6 Å². The molecule has 2 N–H and O–H groups in total. The van der Waals surface area contributed by atoms with E-state index in [1.165, 1.54) is 0 Å². The predicted octanol–water partition coefficient (Wildman–Crippen LogP) is -4.78. The van der Waals surface area contributed by atoms with E-state index in [9.17, 15) is 19.7 Å². The quantitative estimate of drug-likeness (QED) is 0.319. The molecule has 0 bridgehead atoms. The van der Waals surface area contributed by atoms with E-state index >= 15 is 0 Å². The first-order valence-electron chi connectivity index (χ1n) is 3.69. The Kier molecular flexibility index (Phi) is 8.68. The molecule has 0 saturated heterocycles. The van der Waals surface area contributed by atoms with Crippen LogP contribution in [0.5, 0.6) is 0 Å². The SMILES string of the molecule is O=C(O)c1cccc([N+](=O)[O-])c1C(=O)O.[H-].[H-].[Na+].[Na+]. The van der Waals surface area contributed by atoms with E-state index in [4.69, 9.17) is 10.2 Å². The zero-order chi connectivity index (χ0) is 11.6. The first-order valence-corrected chi connectivity index (χ1v) is 3.69. The molecular formula is C8H7NNa2O6. The third-order valence-electron chi connectivity index (χ3n) is 1.68. The molecule has 0 radical (unpaired) electrons. The molecule has 0 saturated carbocycles. The summed E-state index contributed by atoms with van der Waals surface area (Å²) in [7, 11) is 0. The summed E-state index contributed by atoms with van der Waals surface area (Å²) in [5.41, 5.74) is -2.14. The fourth-order valence-electron chi connectivity index (χ4n) is 1.10. The van der Waals surface area contributed by atoms with Crippen molar-refractivity contribution in [1.82, 2.24) is 0 Å². The zero-order valence-electron chi connectivity index (χ0n) is 11.2. The molecule has 0 atom stereocenters. The van der Waals surface area contributed by atoms with E-state index in [2.05, 4.69) is 0 Å². The molecule has 0 fully saturated rings. The number of hydrogen-bond donors (Lipinski definition) is 2. The van der Waals surface area contributed by atoms with Gasteiger partial charge in [-0.15, -0.1) is 0 Å². The monoisotopic (exact) mass is 259 g/mol. The third-order valence-corrected chi connectivity index (χ3v) is 1.68. The van der Waals surface area contributed by atoms with E-state index in [1.807, 2.05) is 0 Å². The number of nitro groups is 1. The van der Waals surface area contributed by atoms with Crippen molar-refractivity contribution < 1.29 is 86.7 Å². The summed E-state index contributed by atoms with van der Waals surface area (Å²) in [4.78, 5) is 30.8. The minimum atomic E-state index is -1.64. The summed E-state index contributed by atoms with van der Waals surface area (Å²) in [6.07, 6.45) is 0. The minimum Gasteiger partial charge on any atom is -1.00 e. The Bertz CT molecular complexity index is 438. The van der Waals surface area contributed by atoms with E-state index in [1.54, 1.807) is 0 Å². The molecule has 0 unspecified atom stereocenters. The molecule has 82 valence electrons. The van der Waals surface area contributed by atoms with E-state index in [0.29, 0.717) is 0 Å². The first kappa shape index (κ1) is 18.9. The van der Waals surface area contributed by atoms with Crippen LogP contribution in [0.4, 0.5) is 5.69 Å². The van der Waals surface area contributed by atoms with Gasteiger partial charge in [-0.3, -0.25) is 10.1 Å². The summed E-state index contributed by atoms with van der Waals surface area (Å²) in [5.74, 6) is -3.16. The van der Waals surface area contributed by atoms with Crippen LogP contribution in [0.1, 0.15) is 23.6 Å². The van der Waals surface area contributed by atoms with Crippen LogP contribution in [-0.2, 0) is 0 Å². The van der Waals surface area contributed by atoms with Crippen molar-refractivity contribution in [2.45, 2.75) is 0 Å². The molecule has 1 rings (SSSR count). The molecule has 0 spiro atoms. The average Bonchev–Trinajstić information content (AvgIpc) is 2.16. The molecule has 1 aromatic carbocycles. The molecule has 17 heavy (non-hydrogen) atoms. The van der Waals surface area contributed by atoms with Gasteiger partial charge in [0.05, 0.1) is 10.5 Å². The summed E-state index contributed by atoms with van der Waals surface area (Å²) in [6.45, 7) is 0. The van der Waals surface area contributed by atoms with Crippen LogP contribution in [-0.4, -0.2) is 27.1 Å². The maximum atomic E-state index is 10.7. The number of nitro benzene ring substituents is 1. The van der Waals surface area contributed by atoms with Crippen molar-refractivity contribution in [3.8, 4) is 0 Å². The van der Waals surface area contributed by atoms with Crippen LogP contribution in [0.3, 0.4) is 0 Å². The summed E-state index contributed by atoms with van der Waals surface area (Å²) >= 11 is 0. The van der Waals surface area contributed by atoms with Crippen molar-refractivity contribution in [2.75, 3.05) is 0 Å². The van der Waals surface area contributed by atoms with Crippen LogP contribution in [0, 0.1) is 10.1 Å². The van der Waals surface area contributed by atoms with Gasteiger partial charge >= 0.3 is 71.1 Å². The van der Waals surface area contributed by atoms with E-state index in [-0.39, 0.29) is 62.0 Å². The van der Waals surface area contributed by atoms with Crippen LogP contribution in [0.2, 0.25) is 0 Å². The van der Waals surface area contributed by atoms with E-state index < -0.39 is 33.7 Å². The second-order valence-corrected chi connectivity index (χ2v) is 2.57. The minimum absolute atomic E-state index is 0. The van der Waals surface area contributed by atoms with Gasteiger partial charge < -0.3 is 13.1 Å². The largest absolute Gasteiger partial charge is 1.00 e. The van der Waals surface area contributed by atoms with Gasteiger partial charge in [0.25, 0.3) is 5.69 Å². The molecule has 0 aliphatic carbocycles. The van der Waals surface area contributed by atoms with Crippen molar-refractivity contribution in [3.63, 3.8) is 0 Å². The topological polar surface area (TPSA) is 118 Å². The Morgan fingerprint density at radius 1 is 1.18 bits per heavy atom. The number of hydrogen-bond acceptors (Lipinski definition) is 4. The fraction of sp³-hybridized carbons (Fsp3) is 0. The molecule has 0 amide bonds. The number of carboxylic acids is 2.